The van der Waals surface area contributed by atoms with Crippen molar-refractivity contribution in [2.75, 3.05) is 17.2 Å². The van der Waals surface area contributed by atoms with E-state index < -0.39 is 0 Å². The summed E-state index contributed by atoms with van der Waals surface area (Å²) in [5.74, 6) is 0.0486. The molecule has 0 bridgehead atoms. The first-order valence-corrected chi connectivity index (χ1v) is 3.84. The highest BCUT2D eigenvalue weighted by Gasteiger charge is 2.10. The molecule has 0 fully saturated rings. The van der Waals surface area contributed by atoms with Gasteiger partial charge in [0.25, 0.3) is 0 Å². The zero-order valence-corrected chi connectivity index (χ0v) is 6.50. The number of nitrogens with one attached hydrogen (secondary N) is 2. The number of anilines is 2. The van der Waals surface area contributed by atoms with Crippen LogP contribution in [0.2, 0.25) is 0 Å². The third-order valence-corrected chi connectivity index (χ3v) is 1.76. The number of amides is 1. The fourth-order valence-corrected chi connectivity index (χ4v) is 1.17. The maximum Gasteiger partial charge on any atom is 0.226 e. The first-order chi connectivity index (χ1) is 5.86. The van der Waals surface area contributed by atoms with E-state index in [0.29, 0.717) is 13.0 Å². The number of fused-ring (bicyclic) bond motifs is 1. The van der Waals surface area contributed by atoms with Crippen LogP contribution in [0.25, 0.3) is 0 Å². The molecule has 1 aromatic rings. The smallest absolute Gasteiger partial charge is 0.226 e. The number of hydrogen-bond acceptors (Lipinski definition) is 3. The number of nitrogens with zero attached hydrogens (tertiary/aromatic N) is 1. The van der Waals surface area contributed by atoms with Gasteiger partial charge in [0.2, 0.25) is 5.91 Å². The molecule has 0 radical (unpaired) electrons. The molecule has 0 saturated carbocycles. The Labute approximate surface area is 70.0 Å². The number of rotatable bonds is 0. The summed E-state index contributed by atoms with van der Waals surface area (Å²) in [5, 5.41) is 5.89. The van der Waals surface area contributed by atoms with E-state index in [1.807, 2.05) is 0 Å². The Morgan fingerprint density at radius 3 is 3.25 bits per heavy atom. The normalized spacial score (nSPS) is 15.5. The van der Waals surface area contributed by atoms with Crippen LogP contribution in [0, 0.1) is 0 Å². The zero-order chi connectivity index (χ0) is 8.39. The van der Waals surface area contributed by atoms with Crippen LogP contribution in [0.15, 0.2) is 18.5 Å². The summed E-state index contributed by atoms with van der Waals surface area (Å²) in [7, 11) is 0. The molecule has 1 amide bonds. The van der Waals surface area contributed by atoms with Gasteiger partial charge in [-0.3, -0.25) is 9.78 Å². The van der Waals surface area contributed by atoms with E-state index in [2.05, 4.69) is 15.6 Å². The van der Waals surface area contributed by atoms with Gasteiger partial charge < -0.3 is 10.6 Å². The minimum Gasteiger partial charge on any atom is -0.382 e. The fourth-order valence-electron chi connectivity index (χ4n) is 1.17. The minimum absolute atomic E-state index is 0.0486. The van der Waals surface area contributed by atoms with Gasteiger partial charge in [0.1, 0.15) is 0 Å². The van der Waals surface area contributed by atoms with Crippen molar-refractivity contribution in [2.45, 2.75) is 6.42 Å². The SMILES string of the molecule is O=C1CCNc2cnccc2N1. The molecule has 0 aliphatic carbocycles. The molecule has 0 aromatic carbocycles. The highest BCUT2D eigenvalue weighted by Crippen LogP contribution is 2.21. The van der Waals surface area contributed by atoms with E-state index in [9.17, 15) is 4.79 Å². The highest BCUT2D eigenvalue weighted by molar-refractivity contribution is 5.95. The summed E-state index contributed by atoms with van der Waals surface area (Å²) in [5.41, 5.74) is 1.70. The van der Waals surface area contributed by atoms with Crippen LogP contribution in [0.5, 0.6) is 0 Å². The molecule has 4 nitrogen and oxygen atoms in total. The molecule has 2 rings (SSSR count). The van der Waals surface area contributed by atoms with Gasteiger partial charge in [0, 0.05) is 19.2 Å². The molecule has 2 heterocycles. The summed E-state index contributed by atoms with van der Waals surface area (Å²) in [6.07, 6.45) is 3.88. The second-order valence-corrected chi connectivity index (χ2v) is 2.65. The molecule has 62 valence electrons. The third-order valence-electron chi connectivity index (χ3n) is 1.76. The molecule has 12 heavy (non-hydrogen) atoms. The molecule has 0 saturated heterocycles. The Bertz CT molecular complexity index is 311. The second kappa shape index (κ2) is 2.81. The summed E-state index contributed by atoms with van der Waals surface area (Å²) in [4.78, 5) is 15.0. The van der Waals surface area contributed by atoms with Crippen molar-refractivity contribution >= 4 is 17.3 Å². The third kappa shape index (κ3) is 1.23. The van der Waals surface area contributed by atoms with Crippen LogP contribution in [0.1, 0.15) is 6.42 Å². The molecule has 0 unspecified atom stereocenters. The molecule has 4 heteroatoms. The summed E-state index contributed by atoms with van der Waals surface area (Å²) in [6, 6.07) is 1.78. The lowest BCUT2D eigenvalue weighted by molar-refractivity contribution is -0.115. The van der Waals surface area contributed by atoms with Crippen LogP contribution in [0.4, 0.5) is 11.4 Å². The molecule has 1 aliphatic rings. The summed E-state index contributed by atoms with van der Waals surface area (Å²) in [6.45, 7) is 0.671. The largest absolute Gasteiger partial charge is 0.382 e. The predicted molar refractivity (Wildman–Crippen MR) is 46.0 cm³/mol. The number of pyridine rings is 1. The van der Waals surface area contributed by atoms with Crippen molar-refractivity contribution < 1.29 is 4.79 Å². The lowest BCUT2D eigenvalue weighted by atomic mass is 10.3. The number of aromatic nitrogens is 1. The molecular formula is C8H9N3O. The maximum atomic E-state index is 11.1. The first-order valence-electron chi connectivity index (χ1n) is 3.84. The minimum atomic E-state index is 0.0486. The van der Waals surface area contributed by atoms with Gasteiger partial charge in [-0.05, 0) is 6.07 Å². The number of carbonyl (C=O) groups excluding carboxylic acids is 1. The average Bonchev–Trinajstić information content (AvgIpc) is 2.25. The van der Waals surface area contributed by atoms with Crippen molar-refractivity contribution in [1.82, 2.24) is 4.98 Å². The molecule has 1 aromatic heterocycles. The van der Waals surface area contributed by atoms with Gasteiger partial charge in [-0.25, -0.2) is 0 Å². The second-order valence-electron chi connectivity index (χ2n) is 2.65. The molecule has 1 aliphatic heterocycles. The fraction of sp³-hybridized carbons (Fsp3) is 0.250. The monoisotopic (exact) mass is 163 g/mol. The number of hydrogen-bond donors (Lipinski definition) is 2. The first kappa shape index (κ1) is 7.09. The van der Waals surface area contributed by atoms with Crippen molar-refractivity contribution in [3.05, 3.63) is 18.5 Å². The topological polar surface area (TPSA) is 54.0 Å². The van der Waals surface area contributed by atoms with Crippen LogP contribution < -0.4 is 10.6 Å². The molecule has 2 N–H and O–H groups in total. The Hall–Kier alpha value is -1.58. The zero-order valence-electron chi connectivity index (χ0n) is 6.50. The Morgan fingerprint density at radius 2 is 2.33 bits per heavy atom. The predicted octanol–water partition coefficient (Wildman–Crippen LogP) is 0.836. The molecule has 0 spiro atoms. The maximum absolute atomic E-state index is 11.1. The Balaban J connectivity index is 2.37. The quantitative estimate of drug-likeness (QED) is 0.595. The van der Waals surface area contributed by atoms with Gasteiger partial charge in [-0.1, -0.05) is 0 Å². The Kier molecular flexibility index (Phi) is 1.66. The van der Waals surface area contributed by atoms with Gasteiger partial charge >= 0.3 is 0 Å². The van der Waals surface area contributed by atoms with Gasteiger partial charge in [-0.15, -0.1) is 0 Å². The van der Waals surface area contributed by atoms with Crippen LogP contribution in [0.3, 0.4) is 0 Å². The molecular weight excluding hydrogens is 154 g/mol. The number of carbonyl (C=O) groups is 1. The van der Waals surface area contributed by atoms with Crippen LogP contribution in [-0.4, -0.2) is 17.4 Å². The standard InChI is InChI=1S/C8H9N3O/c12-8-2-4-10-7-5-9-3-1-6(7)11-8/h1,3,5,10H,2,4H2,(H,11,12). The molecule has 0 atom stereocenters. The van der Waals surface area contributed by atoms with E-state index in [1.165, 1.54) is 0 Å². The van der Waals surface area contributed by atoms with E-state index in [1.54, 1.807) is 18.5 Å². The van der Waals surface area contributed by atoms with E-state index in [-0.39, 0.29) is 5.91 Å². The lowest BCUT2D eigenvalue weighted by Gasteiger charge is -2.04. The van der Waals surface area contributed by atoms with Crippen molar-refractivity contribution in [2.24, 2.45) is 0 Å². The van der Waals surface area contributed by atoms with Crippen LogP contribution in [-0.2, 0) is 4.79 Å². The van der Waals surface area contributed by atoms with Gasteiger partial charge in [-0.2, -0.15) is 0 Å². The van der Waals surface area contributed by atoms with Crippen molar-refractivity contribution in [3.63, 3.8) is 0 Å². The van der Waals surface area contributed by atoms with Gasteiger partial charge in [0.05, 0.1) is 17.6 Å². The van der Waals surface area contributed by atoms with E-state index in [0.717, 1.165) is 11.4 Å². The van der Waals surface area contributed by atoms with Gasteiger partial charge in [0.15, 0.2) is 0 Å². The van der Waals surface area contributed by atoms with Crippen molar-refractivity contribution in [3.8, 4) is 0 Å². The van der Waals surface area contributed by atoms with E-state index >= 15 is 0 Å². The van der Waals surface area contributed by atoms with Crippen molar-refractivity contribution in [1.29, 1.82) is 0 Å². The summed E-state index contributed by atoms with van der Waals surface area (Å²) < 4.78 is 0. The highest BCUT2D eigenvalue weighted by atomic mass is 16.1. The summed E-state index contributed by atoms with van der Waals surface area (Å²) >= 11 is 0. The van der Waals surface area contributed by atoms with E-state index in [4.69, 9.17) is 0 Å². The average molecular weight is 163 g/mol. The van der Waals surface area contributed by atoms with Crippen LogP contribution >= 0.6 is 0 Å². The lowest BCUT2D eigenvalue weighted by Crippen LogP contribution is -2.10. The Morgan fingerprint density at radius 1 is 1.42 bits per heavy atom.